The zero-order valence-corrected chi connectivity index (χ0v) is 7.51. The molecule has 1 aromatic rings. The molecular formula is C5H7N5O2S. The number of aromatic nitrogens is 2. The summed E-state index contributed by atoms with van der Waals surface area (Å²) in [4.78, 5) is 21.7. The lowest BCUT2D eigenvalue weighted by atomic mass is 10.5. The number of hydrogen-bond donors (Lipinski definition) is 3. The Morgan fingerprint density at radius 2 is 2.23 bits per heavy atom. The van der Waals surface area contributed by atoms with Gasteiger partial charge in [-0.3, -0.25) is 10.2 Å². The van der Waals surface area contributed by atoms with Gasteiger partial charge in [-0.1, -0.05) is 4.49 Å². The third kappa shape index (κ3) is 2.67. The molecule has 3 amide bonds. The second-order valence-corrected chi connectivity index (χ2v) is 2.56. The Morgan fingerprint density at radius 1 is 1.46 bits per heavy atom. The number of hydrazine groups is 1. The second kappa shape index (κ2) is 4.36. The largest absolute Gasteiger partial charge is 0.340 e. The molecule has 3 N–H and O–H groups in total. The van der Waals surface area contributed by atoms with Gasteiger partial charge in [0.1, 0.15) is 0 Å². The normalized spacial score (nSPS) is 9.00. The van der Waals surface area contributed by atoms with Crippen molar-refractivity contribution >= 4 is 23.5 Å². The molecule has 0 atom stereocenters. The fourth-order valence-corrected chi connectivity index (χ4v) is 0.940. The third-order valence-electron chi connectivity index (χ3n) is 1.11. The van der Waals surface area contributed by atoms with Gasteiger partial charge in [0, 0.05) is 12.4 Å². The van der Waals surface area contributed by atoms with Crippen LogP contribution in [0.2, 0.25) is 0 Å². The van der Waals surface area contributed by atoms with Gasteiger partial charge in [-0.25, -0.2) is 10.2 Å². The van der Waals surface area contributed by atoms with Crippen LogP contribution in [-0.2, 0) is 0 Å². The van der Waals surface area contributed by atoms with Crippen LogP contribution in [0, 0.1) is 0 Å². The molecule has 0 aliphatic carbocycles. The van der Waals surface area contributed by atoms with Crippen LogP contribution in [0.5, 0.6) is 0 Å². The van der Waals surface area contributed by atoms with E-state index in [-0.39, 0.29) is 5.69 Å². The first-order chi connectivity index (χ1) is 6.24. The highest BCUT2D eigenvalue weighted by Gasteiger charge is 2.08. The number of amides is 3. The van der Waals surface area contributed by atoms with Gasteiger partial charge in [0.05, 0.1) is 0 Å². The van der Waals surface area contributed by atoms with Crippen molar-refractivity contribution in [1.82, 2.24) is 25.8 Å². The van der Waals surface area contributed by atoms with Crippen LogP contribution in [0.25, 0.3) is 0 Å². The molecule has 0 radical (unpaired) electrons. The van der Waals surface area contributed by atoms with Gasteiger partial charge < -0.3 is 5.32 Å². The fraction of sp³-hybridized carbons (Fsp3) is 0.200. The van der Waals surface area contributed by atoms with Crippen LogP contribution >= 0.6 is 11.5 Å². The molecule has 0 aliphatic heterocycles. The van der Waals surface area contributed by atoms with Crippen molar-refractivity contribution in [3.05, 3.63) is 11.1 Å². The molecule has 1 rings (SSSR count). The van der Waals surface area contributed by atoms with Crippen LogP contribution in [-0.4, -0.2) is 28.6 Å². The van der Waals surface area contributed by atoms with Crippen molar-refractivity contribution in [2.75, 3.05) is 7.05 Å². The number of carbonyl (C=O) groups excluding carboxylic acids is 2. The summed E-state index contributed by atoms with van der Waals surface area (Å²) < 4.78 is 3.49. The van der Waals surface area contributed by atoms with E-state index < -0.39 is 11.9 Å². The molecule has 0 aliphatic rings. The summed E-state index contributed by atoms with van der Waals surface area (Å²) in [7, 11) is 1.44. The van der Waals surface area contributed by atoms with Gasteiger partial charge in [-0.05, 0) is 11.5 Å². The molecule has 0 saturated heterocycles. The summed E-state index contributed by atoms with van der Waals surface area (Å²) in [6, 6.07) is -0.503. The number of nitrogens with one attached hydrogen (secondary N) is 3. The van der Waals surface area contributed by atoms with E-state index in [1.54, 1.807) is 0 Å². The summed E-state index contributed by atoms with van der Waals surface area (Å²) in [6.07, 6.45) is 0. The molecule has 0 unspecified atom stereocenters. The summed E-state index contributed by atoms with van der Waals surface area (Å²) >= 11 is 1.06. The van der Waals surface area contributed by atoms with E-state index in [1.807, 2.05) is 0 Å². The first-order valence-electron chi connectivity index (χ1n) is 3.29. The molecule has 0 fully saturated rings. The fourth-order valence-electron chi connectivity index (χ4n) is 0.504. The van der Waals surface area contributed by atoms with E-state index >= 15 is 0 Å². The SMILES string of the molecule is CNC(=O)NNC(=O)c1csnn1. The second-order valence-electron chi connectivity index (χ2n) is 1.95. The Labute approximate surface area is 77.7 Å². The molecule has 0 bridgehead atoms. The minimum atomic E-state index is -0.503. The van der Waals surface area contributed by atoms with E-state index in [4.69, 9.17) is 0 Å². The van der Waals surface area contributed by atoms with Crippen molar-refractivity contribution in [3.8, 4) is 0 Å². The Hall–Kier alpha value is -1.70. The molecule has 13 heavy (non-hydrogen) atoms. The molecule has 70 valence electrons. The van der Waals surface area contributed by atoms with Crippen molar-refractivity contribution in [1.29, 1.82) is 0 Å². The van der Waals surface area contributed by atoms with Gasteiger partial charge in [-0.2, -0.15) is 0 Å². The van der Waals surface area contributed by atoms with Gasteiger partial charge in [-0.15, -0.1) is 5.10 Å². The molecule has 0 aromatic carbocycles. The van der Waals surface area contributed by atoms with E-state index in [0.717, 1.165) is 11.5 Å². The number of rotatable bonds is 1. The van der Waals surface area contributed by atoms with E-state index in [0.29, 0.717) is 0 Å². The Morgan fingerprint density at radius 3 is 2.77 bits per heavy atom. The van der Waals surface area contributed by atoms with Crippen LogP contribution in [0.3, 0.4) is 0 Å². The monoisotopic (exact) mass is 201 g/mol. The lowest BCUT2D eigenvalue weighted by Gasteiger charge is -2.03. The van der Waals surface area contributed by atoms with Crippen LogP contribution < -0.4 is 16.2 Å². The van der Waals surface area contributed by atoms with Crippen molar-refractivity contribution in [3.63, 3.8) is 0 Å². The first-order valence-corrected chi connectivity index (χ1v) is 4.13. The van der Waals surface area contributed by atoms with Crippen molar-refractivity contribution in [2.45, 2.75) is 0 Å². The summed E-state index contributed by atoms with van der Waals surface area (Å²) in [6.45, 7) is 0. The molecule has 0 spiro atoms. The number of urea groups is 1. The standard InChI is InChI=1S/C5H7N5O2S/c1-6-5(12)9-8-4(11)3-2-13-10-7-3/h2H,1H3,(H,8,11)(H2,6,9,12). The lowest BCUT2D eigenvalue weighted by molar-refractivity contribution is 0.0931. The van der Waals surface area contributed by atoms with Gasteiger partial charge in [0.25, 0.3) is 5.91 Å². The molecule has 8 heteroatoms. The summed E-state index contributed by atoms with van der Waals surface area (Å²) in [5.74, 6) is -0.502. The zero-order chi connectivity index (χ0) is 9.68. The summed E-state index contributed by atoms with van der Waals surface area (Å²) in [5, 5.41) is 7.25. The predicted molar refractivity (Wildman–Crippen MR) is 45.0 cm³/mol. The molecule has 0 saturated carbocycles. The van der Waals surface area contributed by atoms with Gasteiger partial charge in [0.15, 0.2) is 5.69 Å². The predicted octanol–water partition coefficient (Wildman–Crippen LogP) is -0.888. The maximum Gasteiger partial charge on any atom is 0.333 e. The van der Waals surface area contributed by atoms with E-state index in [9.17, 15) is 9.59 Å². The molecule has 1 aromatic heterocycles. The lowest BCUT2D eigenvalue weighted by Crippen LogP contribution is -2.45. The topological polar surface area (TPSA) is 96.0 Å². The van der Waals surface area contributed by atoms with Crippen molar-refractivity contribution in [2.24, 2.45) is 0 Å². The highest BCUT2D eigenvalue weighted by atomic mass is 32.1. The average molecular weight is 201 g/mol. The first kappa shape index (κ1) is 9.39. The number of hydrogen-bond acceptors (Lipinski definition) is 5. The average Bonchev–Trinajstić information content (AvgIpc) is 2.66. The number of nitrogens with zero attached hydrogens (tertiary/aromatic N) is 2. The Kier molecular flexibility index (Phi) is 3.15. The molecular weight excluding hydrogens is 194 g/mol. The quantitative estimate of drug-likeness (QED) is 0.514. The highest BCUT2D eigenvalue weighted by Crippen LogP contribution is 1.94. The van der Waals surface area contributed by atoms with Gasteiger partial charge in [0.2, 0.25) is 0 Å². The van der Waals surface area contributed by atoms with Crippen LogP contribution in [0.15, 0.2) is 5.38 Å². The Balaban J connectivity index is 2.39. The minimum absolute atomic E-state index is 0.168. The summed E-state index contributed by atoms with van der Waals surface area (Å²) in [5.41, 5.74) is 4.41. The van der Waals surface area contributed by atoms with E-state index in [1.165, 1.54) is 12.4 Å². The Bertz CT molecular complexity index is 298. The zero-order valence-electron chi connectivity index (χ0n) is 6.70. The maximum absolute atomic E-state index is 11.1. The van der Waals surface area contributed by atoms with E-state index in [2.05, 4.69) is 25.8 Å². The maximum atomic E-state index is 11.1. The van der Waals surface area contributed by atoms with Crippen LogP contribution in [0.1, 0.15) is 10.5 Å². The smallest absolute Gasteiger partial charge is 0.333 e. The highest BCUT2D eigenvalue weighted by molar-refractivity contribution is 7.03. The number of carbonyl (C=O) groups is 2. The van der Waals surface area contributed by atoms with Gasteiger partial charge >= 0.3 is 6.03 Å². The van der Waals surface area contributed by atoms with Crippen molar-refractivity contribution < 1.29 is 9.59 Å². The third-order valence-corrected chi connectivity index (χ3v) is 1.61. The molecule has 1 heterocycles. The molecule has 7 nitrogen and oxygen atoms in total. The van der Waals surface area contributed by atoms with Crippen LogP contribution in [0.4, 0.5) is 4.79 Å². The minimum Gasteiger partial charge on any atom is -0.340 e.